The minimum atomic E-state index is -4.91. The molecule has 0 aromatic carbocycles. The van der Waals surface area contributed by atoms with Crippen LogP contribution in [0.4, 0.5) is 11.6 Å². The zero-order valence-electron chi connectivity index (χ0n) is 21.8. The van der Waals surface area contributed by atoms with Crippen molar-refractivity contribution in [3.05, 3.63) is 25.3 Å². The third-order valence-electron chi connectivity index (χ3n) is 5.05. The van der Waals surface area contributed by atoms with E-state index in [2.05, 4.69) is 34.2 Å². The molecule has 216 valence electrons. The van der Waals surface area contributed by atoms with Crippen LogP contribution in [-0.4, -0.2) is 63.9 Å². The van der Waals surface area contributed by atoms with Gasteiger partial charge < -0.3 is 61.3 Å². The molecule has 0 aliphatic carbocycles. The third-order valence-corrected chi connectivity index (χ3v) is 7.97. The Morgan fingerprint density at radius 3 is 1.54 bits per heavy atom. The molecule has 0 saturated heterocycles. The molecule has 39 heavy (non-hydrogen) atoms. The van der Waals surface area contributed by atoms with Gasteiger partial charge in [-0.25, -0.2) is 29.9 Å². The summed E-state index contributed by atoms with van der Waals surface area (Å²) in [5.74, 6) is 0.407. The monoisotopic (exact) mass is 590 g/mol. The number of nitrogens with zero attached hydrogens (tertiary/aromatic N) is 8. The van der Waals surface area contributed by atoms with Crippen molar-refractivity contribution in [3.8, 4) is 0 Å². The van der Waals surface area contributed by atoms with Gasteiger partial charge >= 0.3 is 0 Å². The molecule has 0 aliphatic heterocycles. The molecule has 12 N–H and O–H groups in total. The molecular formula is C18H32N12O7P2. The van der Waals surface area contributed by atoms with Crippen molar-refractivity contribution in [2.24, 2.45) is 0 Å². The molecule has 4 rings (SSSR count). The van der Waals surface area contributed by atoms with E-state index in [0.29, 0.717) is 22.3 Å². The number of nitrogens with two attached hydrogens (primary N) is 2. The fourth-order valence-corrected chi connectivity index (χ4v) is 6.17. The molecule has 0 saturated carbocycles. The molecule has 21 heteroatoms. The zero-order chi connectivity index (χ0) is 26.8. The fourth-order valence-electron chi connectivity index (χ4n) is 3.40. The van der Waals surface area contributed by atoms with Gasteiger partial charge in [0.25, 0.3) is 0 Å². The number of fused-ring (bicyclic) bond motifs is 2. The summed E-state index contributed by atoms with van der Waals surface area (Å²) in [4.78, 5) is 48.6. The number of anilines is 2. The average Bonchev–Trinajstić information content (AvgIpc) is 3.42. The van der Waals surface area contributed by atoms with E-state index < -0.39 is 40.1 Å². The Labute approximate surface area is 222 Å². The molecule has 0 bridgehead atoms. The van der Waals surface area contributed by atoms with Crippen LogP contribution in [0.5, 0.6) is 0 Å². The first kappa shape index (κ1) is 32.1. The Morgan fingerprint density at radius 2 is 1.15 bits per heavy atom. The minimum absolute atomic E-state index is 0. The molecule has 0 aliphatic rings. The van der Waals surface area contributed by atoms with Gasteiger partial charge in [-0.2, -0.15) is 0 Å². The summed E-state index contributed by atoms with van der Waals surface area (Å²) in [7, 11) is -9.83. The predicted molar refractivity (Wildman–Crippen MR) is 139 cm³/mol. The van der Waals surface area contributed by atoms with Crippen LogP contribution >= 0.6 is 15.2 Å². The molecule has 0 amide bonds. The van der Waals surface area contributed by atoms with Crippen molar-refractivity contribution in [1.82, 2.24) is 51.3 Å². The molecule has 4 heterocycles. The fraction of sp³-hybridized carbons (Fsp3) is 0.444. The molecule has 4 aromatic heterocycles. The first-order valence-corrected chi connectivity index (χ1v) is 14.3. The number of rotatable bonds is 12. The highest BCUT2D eigenvalue weighted by Gasteiger charge is 2.22. The lowest BCUT2D eigenvalue weighted by Crippen LogP contribution is -2.23. The Kier molecular flexibility index (Phi) is 10.6. The van der Waals surface area contributed by atoms with Crippen LogP contribution < -0.4 is 33.6 Å². The number of aromatic nitrogens is 8. The Bertz CT molecular complexity index is 1390. The van der Waals surface area contributed by atoms with Crippen LogP contribution in [0.1, 0.15) is 13.8 Å². The molecule has 4 atom stereocenters. The second-order valence-corrected chi connectivity index (χ2v) is 11.8. The topological polar surface area (TPSA) is 320 Å². The second kappa shape index (κ2) is 12.8. The van der Waals surface area contributed by atoms with Crippen molar-refractivity contribution < 1.29 is 32.7 Å². The van der Waals surface area contributed by atoms with E-state index in [0.717, 1.165) is 0 Å². The lowest BCUT2D eigenvalue weighted by Gasteiger charge is -2.33. The van der Waals surface area contributed by atoms with Crippen molar-refractivity contribution in [3.63, 3.8) is 0 Å². The minimum Gasteiger partial charge on any atom is -0.777 e. The SMILES string of the molecule is C[C@H](Cn1cnc2c(N)ncnc21)OCP(=O)([O-])OP(=O)([O-])CO[C@H](C)Cn1cnc2c(N)ncnc21.[NH4+].[NH4+]. The Hall–Kier alpha value is -3.12. The van der Waals surface area contributed by atoms with E-state index in [9.17, 15) is 18.9 Å². The van der Waals surface area contributed by atoms with Crippen LogP contribution in [0.25, 0.3) is 22.3 Å². The van der Waals surface area contributed by atoms with Gasteiger partial charge in [0.2, 0.25) is 0 Å². The summed E-state index contributed by atoms with van der Waals surface area (Å²) >= 11 is 0. The van der Waals surface area contributed by atoms with Gasteiger partial charge in [0.15, 0.2) is 38.1 Å². The van der Waals surface area contributed by atoms with Crippen LogP contribution in [0, 0.1) is 0 Å². The van der Waals surface area contributed by atoms with Crippen molar-refractivity contribution in [2.45, 2.75) is 39.1 Å². The van der Waals surface area contributed by atoms with Crippen LogP contribution in [0.15, 0.2) is 25.3 Å². The van der Waals surface area contributed by atoms with Gasteiger partial charge in [-0.1, -0.05) is 0 Å². The van der Waals surface area contributed by atoms with Crippen LogP contribution in [-0.2, 0) is 36.0 Å². The summed E-state index contributed by atoms with van der Waals surface area (Å²) in [5, 5.41) is 0. The average molecular weight is 590 g/mol. The third kappa shape index (κ3) is 7.95. The quantitative estimate of drug-likeness (QED) is 0.162. The van der Waals surface area contributed by atoms with E-state index >= 15 is 0 Å². The molecule has 0 spiro atoms. The van der Waals surface area contributed by atoms with Crippen LogP contribution in [0.2, 0.25) is 0 Å². The van der Waals surface area contributed by atoms with E-state index in [1.165, 1.54) is 25.3 Å². The number of hydrogen-bond donors (Lipinski definition) is 4. The van der Waals surface area contributed by atoms with Crippen molar-refractivity contribution >= 4 is 49.2 Å². The number of ether oxygens (including phenoxy) is 2. The lowest BCUT2D eigenvalue weighted by molar-refractivity contribution is -0.220. The highest BCUT2D eigenvalue weighted by molar-refractivity contribution is 7.64. The molecular weight excluding hydrogens is 558 g/mol. The van der Waals surface area contributed by atoms with Crippen LogP contribution in [0.3, 0.4) is 0 Å². The molecule has 0 fully saturated rings. The molecule has 0 radical (unpaired) electrons. The van der Waals surface area contributed by atoms with Gasteiger partial charge in [0.1, 0.15) is 36.4 Å². The first-order valence-electron chi connectivity index (χ1n) is 10.8. The van der Waals surface area contributed by atoms with Gasteiger partial charge in [0, 0.05) is 0 Å². The maximum absolute atomic E-state index is 12.2. The van der Waals surface area contributed by atoms with E-state index in [-0.39, 0.29) is 37.0 Å². The number of hydrogen-bond acceptors (Lipinski definition) is 15. The summed E-state index contributed by atoms with van der Waals surface area (Å²) in [6, 6.07) is 0. The van der Waals surface area contributed by atoms with Gasteiger partial charge in [-0.05, 0) is 13.8 Å². The highest BCUT2D eigenvalue weighted by atomic mass is 31.3. The summed E-state index contributed by atoms with van der Waals surface area (Å²) in [6.07, 6.45) is 2.21. The summed E-state index contributed by atoms with van der Waals surface area (Å²) in [5.41, 5.74) is 13.2. The van der Waals surface area contributed by atoms with E-state index in [4.69, 9.17) is 20.9 Å². The van der Waals surface area contributed by atoms with E-state index in [1.807, 2.05) is 0 Å². The molecule has 19 nitrogen and oxygen atoms in total. The molecule has 4 aromatic rings. The number of nitrogen functional groups attached to an aromatic ring is 2. The van der Waals surface area contributed by atoms with Gasteiger partial charge in [-0.3, -0.25) is 4.31 Å². The highest BCUT2D eigenvalue weighted by Crippen LogP contribution is 2.54. The Balaban J connectivity index is 0.00000267. The Morgan fingerprint density at radius 1 is 0.769 bits per heavy atom. The summed E-state index contributed by atoms with van der Waals surface area (Å²) in [6.45, 7) is 3.52. The lowest BCUT2D eigenvalue weighted by atomic mass is 10.4. The molecule has 2 unspecified atom stereocenters. The van der Waals surface area contributed by atoms with Gasteiger partial charge in [-0.15, -0.1) is 0 Å². The number of quaternary nitrogens is 2. The first-order chi connectivity index (χ1) is 17.4. The normalized spacial score (nSPS) is 16.1. The number of imidazole rings is 2. The van der Waals surface area contributed by atoms with Crippen molar-refractivity contribution in [1.29, 1.82) is 0 Å². The van der Waals surface area contributed by atoms with E-state index in [1.54, 1.807) is 23.0 Å². The second-order valence-electron chi connectivity index (χ2n) is 8.17. The maximum Gasteiger partial charge on any atom is 0.166 e. The van der Waals surface area contributed by atoms with Gasteiger partial charge in [0.05, 0.1) is 38.0 Å². The van der Waals surface area contributed by atoms with Crippen molar-refractivity contribution in [2.75, 3.05) is 24.2 Å². The predicted octanol–water partition coefficient (Wildman–Crippen LogP) is 0.432. The standard InChI is InChI=1S/C18H26N10O7P2.2H3N/c1-11(3-27-7-25-13-15(19)21-5-23-17(13)27)33-9-36(29,30)35-37(31,32)10-34-12(2)4-28-8-26-14-16(20)22-6-24-18(14)28;;/h5-8,11-12H,3-4,9-10H2,1-2H3,(H,29,30)(H,31,32)(H2,19,21,23)(H2,20,22,24);2*1H3/t11-,12-;;/m1../s1. The zero-order valence-corrected chi connectivity index (χ0v) is 23.6. The summed E-state index contributed by atoms with van der Waals surface area (Å²) < 4.78 is 42.7. The smallest absolute Gasteiger partial charge is 0.166 e. The largest absolute Gasteiger partial charge is 0.777 e. The maximum atomic E-state index is 12.2.